The molecule has 1 atom stereocenters. The molecule has 4 rings (SSSR count). The monoisotopic (exact) mass is 477 g/mol. The summed E-state index contributed by atoms with van der Waals surface area (Å²) in [6, 6.07) is 14.7. The maximum Gasteiger partial charge on any atom is 0.254 e. The summed E-state index contributed by atoms with van der Waals surface area (Å²) in [6.07, 6.45) is 3.78. The van der Waals surface area contributed by atoms with Gasteiger partial charge in [0.25, 0.3) is 5.91 Å². The number of ether oxygens (including phenoxy) is 1. The van der Waals surface area contributed by atoms with E-state index in [2.05, 4.69) is 80.0 Å². The molecule has 1 amide bonds. The molecule has 0 bridgehead atoms. The number of rotatable bonds is 8. The molecule has 0 saturated carbocycles. The van der Waals surface area contributed by atoms with E-state index in [1.807, 2.05) is 4.90 Å². The number of carbonyl (C=O) groups is 1. The quantitative estimate of drug-likeness (QED) is 0.465. The topological polar surface area (TPSA) is 36.0 Å². The van der Waals surface area contributed by atoms with Crippen LogP contribution in [0.15, 0.2) is 42.5 Å². The zero-order valence-electron chi connectivity index (χ0n) is 22.1. The molecule has 2 saturated heterocycles. The molecule has 2 heterocycles. The van der Waals surface area contributed by atoms with Crippen molar-refractivity contribution in [2.75, 3.05) is 57.3 Å². The summed E-state index contributed by atoms with van der Waals surface area (Å²) in [4.78, 5) is 20.2. The van der Waals surface area contributed by atoms with Gasteiger partial charge in [0.2, 0.25) is 0 Å². The highest BCUT2D eigenvalue weighted by Crippen LogP contribution is 2.25. The Labute approximate surface area is 212 Å². The second-order valence-corrected chi connectivity index (χ2v) is 10.8. The molecule has 0 spiro atoms. The third kappa shape index (κ3) is 6.78. The van der Waals surface area contributed by atoms with Crippen molar-refractivity contribution in [3.8, 4) is 5.75 Å². The predicted molar refractivity (Wildman–Crippen MR) is 145 cm³/mol. The lowest BCUT2D eigenvalue weighted by Crippen LogP contribution is -2.49. The minimum absolute atomic E-state index is 0.166. The van der Waals surface area contributed by atoms with Gasteiger partial charge in [-0.15, -0.1) is 0 Å². The molecule has 2 aliphatic heterocycles. The highest BCUT2D eigenvalue weighted by Gasteiger charge is 2.25. The van der Waals surface area contributed by atoms with Crippen molar-refractivity contribution in [2.45, 2.75) is 52.9 Å². The van der Waals surface area contributed by atoms with E-state index in [0.717, 1.165) is 74.1 Å². The van der Waals surface area contributed by atoms with Crippen LogP contribution >= 0.6 is 0 Å². The van der Waals surface area contributed by atoms with Crippen LogP contribution in [-0.2, 0) is 0 Å². The molecule has 5 nitrogen and oxygen atoms in total. The van der Waals surface area contributed by atoms with E-state index in [-0.39, 0.29) is 5.91 Å². The molecule has 190 valence electrons. The van der Waals surface area contributed by atoms with Crippen molar-refractivity contribution in [3.63, 3.8) is 0 Å². The zero-order valence-corrected chi connectivity index (χ0v) is 22.1. The van der Waals surface area contributed by atoms with Crippen molar-refractivity contribution in [3.05, 3.63) is 59.2 Å². The number of aryl methyl sites for hydroxylation is 1. The maximum atomic E-state index is 13.3. The number of piperidine rings is 1. The molecule has 35 heavy (non-hydrogen) atoms. The van der Waals surface area contributed by atoms with Gasteiger partial charge in [0.1, 0.15) is 5.75 Å². The lowest BCUT2D eigenvalue weighted by molar-refractivity contribution is 0.0745. The summed E-state index contributed by atoms with van der Waals surface area (Å²) >= 11 is 0. The number of likely N-dealkylation sites (tertiary alicyclic amines) is 1. The Morgan fingerprint density at radius 3 is 2.46 bits per heavy atom. The molecule has 0 N–H and O–H groups in total. The van der Waals surface area contributed by atoms with Gasteiger partial charge in [0, 0.05) is 50.5 Å². The second kappa shape index (κ2) is 11.9. The van der Waals surface area contributed by atoms with Gasteiger partial charge in [0.05, 0.1) is 6.61 Å². The van der Waals surface area contributed by atoms with Crippen molar-refractivity contribution in [2.24, 2.45) is 5.92 Å². The molecular weight excluding hydrogens is 434 g/mol. The van der Waals surface area contributed by atoms with Crippen molar-refractivity contribution in [1.29, 1.82) is 0 Å². The first-order valence-corrected chi connectivity index (χ1v) is 13.5. The van der Waals surface area contributed by atoms with E-state index in [9.17, 15) is 4.79 Å². The second-order valence-electron chi connectivity index (χ2n) is 10.8. The van der Waals surface area contributed by atoms with Crippen molar-refractivity contribution < 1.29 is 9.53 Å². The number of hydrogen-bond acceptors (Lipinski definition) is 4. The lowest BCUT2D eigenvalue weighted by atomic mass is 9.94. The Morgan fingerprint density at radius 2 is 1.77 bits per heavy atom. The summed E-state index contributed by atoms with van der Waals surface area (Å²) in [6.45, 7) is 16.3. The lowest BCUT2D eigenvalue weighted by Gasteiger charge is -2.36. The van der Waals surface area contributed by atoms with Gasteiger partial charge in [-0.3, -0.25) is 4.79 Å². The molecule has 0 aromatic heterocycles. The number of anilines is 1. The van der Waals surface area contributed by atoms with Crippen LogP contribution in [0.2, 0.25) is 0 Å². The van der Waals surface area contributed by atoms with Crippen LogP contribution < -0.4 is 9.64 Å². The Bertz CT molecular complexity index is 964. The van der Waals surface area contributed by atoms with Crippen LogP contribution in [0.1, 0.15) is 67.4 Å². The van der Waals surface area contributed by atoms with Crippen LogP contribution in [-0.4, -0.2) is 68.1 Å². The third-order valence-corrected chi connectivity index (χ3v) is 7.46. The average molecular weight is 478 g/mol. The number of carbonyl (C=O) groups excluding carboxylic acids is 1. The van der Waals surface area contributed by atoms with E-state index < -0.39 is 0 Å². The number of piperazine rings is 1. The predicted octanol–water partition coefficient (Wildman–Crippen LogP) is 5.58. The van der Waals surface area contributed by atoms with Crippen molar-refractivity contribution >= 4 is 11.6 Å². The fourth-order valence-electron chi connectivity index (χ4n) is 5.42. The van der Waals surface area contributed by atoms with E-state index in [1.54, 1.807) is 0 Å². The summed E-state index contributed by atoms with van der Waals surface area (Å²) in [5.74, 6) is 2.28. The van der Waals surface area contributed by atoms with E-state index in [0.29, 0.717) is 5.92 Å². The van der Waals surface area contributed by atoms with E-state index in [1.165, 1.54) is 31.6 Å². The van der Waals surface area contributed by atoms with Gasteiger partial charge in [-0.1, -0.05) is 38.5 Å². The Hall–Kier alpha value is -2.53. The molecule has 0 radical (unpaired) electrons. The maximum absolute atomic E-state index is 13.3. The normalized spacial score (nSPS) is 19.3. The number of benzene rings is 2. The van der Waals surface area contributed by atoms with Gasteiger partial charge < -0.3 is 19.4 Å². The number of nitrogens with zero attached hydrogens (tertiary/aromatic N) is 3. The standard InChI is InChI=1S/C30H43N3O2/c1-23(2)28-13-8-24(3)21-29(28)30(34)33-18-16-32(17-19-33)26-9-11-27(12-10-26)35-20-6-15-31-14-5-7-25(4)22-31/h8-13,21,23,25H,5-7,14-20,22H2,1-4H3. The summed E-state index contributed by atoms with van der Waals surface area (Å²) in [5.41, 5.74) is 4.35. The van der Waals surface area contributed by atoms with Crippen LogP contribution in [0, 0.1) is 12.8 Å². The summed E-state index contributed by atoms with van der Waals surface area (Å²) in [5, 5.41) is 0. The first-order chi connectivity index (χ1) is 16.9. The minimum atomic E-state index is 0.166. The number of amides is 1. The van der Waals surface area contributed by atoms with Gasteiger partial charge in [-0.2, -0.15) is 0 Å². The zero-order chi connectivity index (χ0) is 24.8. The first kappa shape index (κ1) is 25.6. The van der Waals surface area contributed by atoms with Gasteiger partial charge in [-0.25, -0.2) is 0 Å². The van der Waals surface area contributed by atoms with Gasteiger partial charge >= 0.3 is 0 Å². The molecule has 5 heteroatoms. The first-order valence-electron chi connectivity index (χ1n) is 13.5. The highest BCUT2D eigenvalue weighted by molar-refractivity contribution is 5.96. The molecule has 2 aromatic rings. The van der Waals surface area contributed by atoms with Crippen LogP contribution in [0.3, 0.4) is 0 Å². The van der Waals surface area contributed by atoms with Gasteiger partial charge in [0.15, 0.2) is 0 Å². The summed E-state index contributed by atoms with van der Waals surface area (Å²) in [7, 11) is 0. The molecular formula is C30H43N3O2. The van der Waals surface area contributed by atoms with E-state index in [4.69, 9.17) is 4.74 Å². The SMILES string of the molecule is Cc1ccc(C(C)C)c(C(=O)N2CCN(c3ccc(OCCCN4CCCC(C)C4)cc3)CC2)c1. The minimum Gasteiger partial charge on any atom is -0.494 e. The fraction of sp³-hybridized carbons (Fsp3) is 0.567. The highest BCUT2D eigenvalue weighted by atomic mass is 16.5. The smallest absolute Gasteiger partial charge is 0.254 e. The van der Waals surface area contributed by atoms with Crippen molar-refractivity contribution in [1.82, 2.24) is 9.80 Å². The molecule has 1 unspecified atom stereocenters. The third-order valence-electron chi connectivity index (χ3n) is 7.46. The molecule has 2 aromatic carbocycles. The van der Waals surface area contributed by atoms with Crippen LogP contribution in [0.5, 0.6) is 5.75 Å². The van der Waals surface area contributed by atoms with Gasteiger partial charge in [-0.05, 0) is 80.5 Å². The largest absolute Gasteiger partial charge is 0.494 e. The van der Waals surface area contributed by atoms with Crippen LogP contribution in [0.4, 0.5) is 5.69 Å². The molecule has 2 fully saturated rings. The molecule has 0 aliphatic carbocycles. The van der Waals surface area contributed by atoms with Crippen LogP contribution in [0.25, 0.3) is 0 Å². The average Bonchev–Trinajstić information content (AvgIpc) is 2.86. The Kier molecular flexibility index (Phi) is 8.72. The Balaban J connectivity index is 1.24. The fourth-order valence-corrected chi connectivity index (χ4v) is 5.42. The number of hydrogen-bond donors (Lipinski definition) is 0. The summed E-state index contributed by atoms with van der Waals surface area (Å²) < 4.78 is 6.01. The molecule has 2 aliphatic rings. The Morgan fingerprint density at radius 1 is 1.03 bits per heavy atom. The van der Waals surface area contributed by atoms with E-state index >= 15 is 0 Å².